The molecule has 0 atom stereocenters. The lowest BCUT2D eigenvalue weighted by atomic mass is 10.4. The quantitative estimate of drug-likeness (QED) is 0.811. The van der Waals surface area contributed by atoms with E-state index in [9.17, 15) is 4.79 Å². The first-order chi connectivity index (χ1) is 8.09. The largest absolute Gasteiger partial charge is 0.308 e. The molecule has 0 aliphatic heterocycles. The first-order valence-electron chi connectivity index (χ1n) is 5.41. The van der Waals surface area contributed by atoms with Gasteiger partial charge in [0.25, 0.3) is 5.56 Å². The highest BCUT2D eigenvalue weighted by atomic mass is 35.5. The molecule has 0 saturated heterocycles. The lowest BCUT2D eigenvalue weighted by Gasteiger charge is -2.13. The summed E-state index contributed by atoms with van der Waals surface area (Å²) in [5.41, 5.74) is 1.64. The molecule has 0 unspecified atom stereocenters. The van der Waals surface area contributed by atoms with Gasteiger partial charge in [-0.05, 0) is 21.0 Å². The molecule has 0 N–H and O–H groups in total. The summed E-state index contributed by atoms with van der Waals surface area (Å²) in [5.74, 6) is 0. The van der Waals surface area contributed by atoms with Crippen molar-refractivity contribution < 1.29 is 0 Å². The van der Waals surface area contributed by atoms with Gasteiger partial charge in [0, 0.05) is 13.1 Å². The second kappa shape index (κ2) is 5.88. The predicted octanol–water partition coefficient (Wildman–Crippen LogP) is 0.478. The van der Waals surface area contributed by atoms with Crippen molar-refractivity contribution in [3.63, 3.8) is 0 Å². The second-order valence-electron chi connectivity index (χ2n) is 4.19. The Balaban J connectivity index is 0.00000162. The number of likely N-dealkylation sites (N-methyl/N-ethyl adjacent to an activating group) is 1. The summed E-state index contributed by atoms with van der Waals surface area (Å²) in [7, 11) is 3.94. The van der Waals surface area contributed by atoms with E-state index in [1.54, 1.807) is 17.7 Å². The Morgan fingerprint density at radius 1 is 1.39 bits per heavy atom. The van der Waals surface area contributed by atoms with Crippen molar-refractivity contribution in [3.8, 4) is 0 Å². The maximum Gasteiger partial charge on any atom is 0.273 e. The Kier molecular flexibility index (Phi) is 4.75. The molecule has 0 bridgehead atoms. The van der Waals surface area contributed by atoms with Crippen LogP contribution in [0, 0.1) is 6.92 Å². The van der Waals surface area contributed by atoms with Crippen LogP contribution < -0.4 is 5.56 Å². The van der Waals surface area contributed by atoms with Crippen LogP contribution in [-0.2, 0) is 6.54 Å². The zero-order valence-corrected chi connectivity index (χ0v) is 11.4. The summed E-state index contributed by atoms with van der Waals surface area (Å²) in [5, 5.41) is 0. The molecule has 98 valence electrons. The molecule has 0 spiro atoms. The van der Waals surface area contributed by atoms with E-state index in [0.29, 0.717) is 23.4 Å². The zero-order chi connectivity index (χ0) is 12.4. The zero-order valence-electron chi connectivity index (χ0n) is 10.6. The van der Waals surface area contributed by atoms with Crippen molar-refractivity contribution in [2.75, 3.05) is 20.6 Å². The van der Waals surface area contributed by atoms with Gasteiger partial charge in [0.2, 0.25) is 0 Å². The Morgan fingerprint density at radius 3 is 2.78 bits per heavy atom. The van der Waals surface area contributed by atoms with Gasteiger partial charge in [-0.15, -0.1) is 12.4 Å². The van der Waals surface area contributed by atoms with Crippen LogP contribution in [0.2, 0.25) is 0 Å². The highest BCUT2D eigenvalue weighted by Gasteiger charge is 2.08. The van der Waals surface area contributed by atoms with Crippen LogP contribution in [0.1, 0.15) is 5.69 Å². The number of aromatic nitrogens is 4. The summed E-state index contributed by atoms with van der Waals surface area (Å²) in [6, 6.07) is 0. The molecule has 0 aliphatic carbocycles. The summed E-state index contributed by atoms with van der Waals surface area (Å²) in [6.07, 6.45) is 3.06. The van der Waals surface area contributed by atoms with Gasteiger partial charge < -0.3 is 4.90 Å². The van der Waals surface area contributed by atoms with Crippen LogP contribution >= 0.6 is 12.4 Å². The minimum atomic E-state index is -0.0851. The minimum Gasteiger partial charge on any atom is -0.308 e. The highest BCUT2D eigenvalue weighted by Crippen LogP contribution is 2.04. The smallest absolute Gasteiger partial charge is 0.273 e. The Morgan fingerprint density at radius 2 is 2.11 bits per heavy atom. The van der Waals surface area contributed by atoms with Gasteiger partial charge in [-0.25, -0.2) is 15.0 Å². The molecule has 2 rings (SSSR count). The molecule has 18 heavy (non-hydrogen) atoms. The fourth-order valence-corrected chi connectivity index (χ4v) is 1.63. The van der Waals surface area contributed by atoms with Gasteiger partial charge >= 0.3 is 0 Å². The van der Waals surface area contributed by atoms with Crippen LogP contribution in [0.4, 0.5) is 0 Å². The number of halogens is 1. The topological polar surface area (TPSA) is 63.9 Å². The third-order valence-corrected chi connectivity index (χ3v) is 2.54. The fraction of sp³-hybridized carbons (Fsp3) is 0.455. The fourth-order valence-electron chi connectivity index (χ4n) is 1.63. The monoisotopic (exact) mass is 269 g/mol. The van der Waals surface area contributed by atoms with Crippen molar-refractivity contribution in [2.45, 2.75) is 13.5 Å². The van der Waals surface area contributed by atoms with Gasteiger partial charge in [0.15, 0.2) is 5.65 Å². The third kappa shape index (κ3) is 2.83. The SMILES string of the molecule is Cc1nc2cncnc2n(CCN(C)C)c1=O.Cl. The Hall–Kier alpha value is -1.53. The van der Waals surface area contributed by atoms with E-state index in [2.05, 4.69) is 15.0 Å². The van der Waals surface area contributed by atoms with E-state index in [0.717, 1.165) is 6.54 Å². The van der Waals surface area contributed by atoms with E-state index < -0.39 is 0 Å². The third-order valence-electron chi connectivity index (χ3n) is 2.54. The molecular weight excluding hydrogens is 254 g/mol. The average Bonchev–Trinajstić information content (AvgIpc) is 2.29. The van der Waals surface area contributed by atoms with Crippen LogP contribution in [0.5, 0.6) is 0 Å². The molecule has 2 aromatic heterocycles. The van der Waals surface area contributed by atoms with Crippen molar-refractivity contribution in [2.24, 2.45) is 0 Å². The van der Waals surface area contributed by atoms with Crippen LogP contribution in [0.25, 0.3) is 11.2 Å². The van der Waals surface area contributed by atoms with Gasteiger partial charge in [-0.3, -0.25) is 9.36 Å². The molecule has 0 aromatic carbocycles. The van der Waals surface area contributed by atoms with Crippen molar-refractivity contribution in [1.29, 1.82) is 0 Å². The second-order valence-corrected chi connectivity index (χ2v) is 4.19. The molecule has 0 fully saturated rings. The Labute approximate surface area is 111 Å². The number of hydrogen-bond acceptors (Lipinski definition) is 5. The number of nitrogens with zero attached hydrogens (tertiary/aromatic N) is 5. The standard InChI is InChI=1S/C11H15N5O.ClH/c1-8-11(17)16(5-4-15(2)3)10-9(14-8)6-12-7-13-10;/h6-7H,4-5H2,1-3H3;1H. The molecule has 0 aliphatic rings. The Bertz CT molecular complexity index is 595. The molecule has 2 aromatic rings. The molecule has 0 amide bonds. The maximum atomic E-state index is 12.0. The average molecular weight is 270 g/mol. The van der Waals surface area contributed by atoms with E-state index in [4.69, 9.17) is 0 Å². The molecule has 0 radical (unpaired) electrons. The summed E-state index contributed by atoms with van der Waals surface area (Å²) >= 11 is 0. The maximum absolute atomic E-state index is 12.0. The van der Waals surface area contributed by atoms with E-state index in [1.807, 2.05) is 19.0 Å². The van der Waals surface area contributed by atoms with Crippen LogP contribution in [-0.4, -0.2) is 45.1 Å². The van der Waals surface area contributed by atoms with Crippen LogP contribution in [0.15, 0.2) is 17.3 Å². The number of aryl methyl sites for hydroxylation is 1. The molecule has 2 heterocycles. The number of rotatable bonds is 3. The van der Waals surface area contributed by atoms with Crippen molar-refractivity contribution in [1.82, 2.24) is 24.4 Å². The normalized spacial score (nSPS) is 10.7. The molecule has 0 saturated carbocycles. The minimum absolute atomic E-state index is 0. The number of hydrogen-bond donors (Lipinski definition) is 0. The van der Waals surface area contributed by atoms with Crippen molar-refractivity contribution >= 4 is 23.6 Å². The summed E-state index contributed by atoms with van der Waals surface area (Å²) in [6.45, 7) is 3.09. The van der Waals surface area contributed by atoms with E-state index in [1.165, 1.54) is 6.33 Å². The van der Waals surface area contributed by atoms with E-state index >= 15 is 0 Å². The highest BCUT2D eigenvalue weighted by molar-refractivity contribution is 5.85. The molecular formula is C11H16ClN5O. The van der Waals surface area contributed by atoms with Crippen LogP contribution in [0.3, 0.4) is 0 Å². The van der Waals surface area contributed by atoms with Gasteiger partial charge in [-0.2, -0.15) is 0 Å². The number of fused-ring (bicyclic) bond motifs is 1. The lowest BCUT2D eigenvalue weighted by Crippen LogP contribution is -2.29. The van der Waals surface area contributed by atoms with Crippen molar-refractivity contribution in [3.05, 3.63) is 28.6 Å². The van der Waals surface area contributed by atoms with Gasteiger partial charge in [0.05, 0.1) is 6.20 Å². The lowest BCUT2D eigenvalue weighted by molar-refractivity contribution is 0.383. The molecule has 6 nitrogen and oxygen atoms in total. The summed E-state index contributed by atoms with van der Waals surface area (Å²) in [4.78, 5) is 26.3. The van der Waals surface area contributed by atoms with E-state index in [-0.39, 0.29) is 18.0 Å². The van der Waals surface area contributed by atoms with Gasteiger partial charge in [0.1, 0.15) is 17.5 Å². The van der Waals surface area contributed by atoms with Gasteiger partial charge in [-0.1, -0.05) is 0 Å². The first kappa shape index (κ1) is 14.5. The summed E-state index contributed by atoms with van der Waals surface area (Å²) < 4.78 is 1.65. The predicted molar refractivity (Wildman–Crippen MR) is 72.1 cm³/mol. The molecule has 7 heteroatoms. The first-order valence-corrected chi connectivity index (χ1v) is 5.41.